The van der Waals surface area contributed by atoms with Crippen molar-refractivity contribution < 1.29 is 11.7 Å². The first kappa shape index (κ1) is 27.3. The first-order chi connectivity index (χ1) is 24.8. The molecule has 2 heterocycles. The van der Waals surface area contributed by atoms with E-state index >= 15 is 0 Å². The van der Waals surface area contributed by atoms with Gasteiger partial charge in [0.15, 0.2) is 11.2 Å². The Kier molecular flexibility index (Phi) is 5.70. The van der Waals surface area contributed by atoms with Gasteiger partial charge in [0, 0.05) is 24.4 Å². The second-order valence-electron chi connectivity index (χ2n) is 13.2. The Bertz CT molecular complexity index is 3100. The van der Waals surface area contributed by atoms with E-state index in [4.69, 9.17) is 8.83 Å². The van der Waals surface area contributed by atoms with Crippen molar-refractivity contribution in [3.05, 3.63) is 170 Å². The van der Waals surface area contributed by atoms with Crippen LogP contribution in [-0.2, 0) is 0 Å². The van der Waals surface area contributed by atoms with Gasteiger partial charge in [0.1, 0.15) is 11.2 Å². The van der Waals surface area contributed by atoms with E-state index in [0.717, 1.165) is 55.0 Å². The number of hydrogen-bond donors (Lipinski definition) is 0. The fourth-order valence-corrected chi connectivity index (χ4v) is 8.14. The molecule has 50 heavy (non-hydrogen) atoms. The maximum atomic E-state index is 6.53. The number of fused-ring (bicyclic) bond motifs is 10. The van der Waals surface area contributed by atoms with E-state index in [0.29, 0.717) is 0 Å². The van der Waals surface area contributed by atoms with Gasteiger partial charge in [-0.15, -0.1) is 0 Å². The van der Waals surface area contributed by atoms with Gasteiger partial charge in [-0.05, 0) is 108 Å². The molecule has 236 valence electrons. The lowest BCUT2D eigenvalue weighted by molar-refractivity contribution is 0.633. The zero-order chi connectivity index (χ0) is 32.8. The molecule has 0 aliphatic carbocycles. The maximum Gasteiger partial charge on any atom is 0.178 e. The van der Waals surface area contributed by atoms with Gasteiger partial charge in [0.05, 0.1) is 0 Å². The molecule has 0 atom stereocenters. The minimum atomic E-state index is 0. The van der Waals surface area contributed by atoms with E-state index in [1.165, 1.54) is 54.6 Å². The highest BCUT2D eigenvalue weighted by Gasteiger charge is 2.19. The van der Waals surface area contributed by atoms with Crippen molar-refractivity contribution in [2.24, 2.45) is 0 Å². The Labute approximate surface area is 290 Å². The highest BCUT2D eigenvalue weighted by Crippen LogP contribution is 2.45. The Morgan fingerprint density at radius 3 is 1.46 bits per heavy atom. The summed E-state index contributed by atoms with van der Waals surface area (Å²) in [6, 6.07) is 61.0. The molecule has 0 saturated carbocycles. The van der Waals surface area contributed by atoms with Crippen LogP contribution in [0.15, 0.2) is 179 Å². The van der Waals surface area contributed by atoms with Crippen molar-refractivity contribution in [1.82, 2.24) is 0 Å². The van der Waals surface area contributed by atoms with Gasteiger partial charge in [-0.25, -0.2) is 0 Å². The number of furan rings is 2. The van der Waals surface area contributed by atoms with Gasteiger partial charge in [-0.2, -0.15) is 0 Å². The minimum Gasteiger partial charge on any atom is -0.452 e. The Balaban J connectivity index is 0.00000180. The van der Waals surface area contributed by atoms with Crippen molar-refractivity contribution in [3.63, 3.8) is 0 Å². The molecule has 0 radical (unpaired) electrons. The molecular weight excluding hydrogens is 609 g/mol. The number of hydrogen-bond acceptors (Lipinski definition) is 2. The summed E-state index contributed by atoms with van der Waals surface area (Å²) in [5.74, 6) is 0. The van der Waals surface area contributed by atoms with E-state index in [-0.39, 0.29) is 2.85 Å². The summed E-state index contributed by atoms with van der Waals surface area (Å²) in [6.07, 6.45) is 0. The molecule has 0 amide bonds. The summed E-state index contributed by atoms with van der Waals surface area (Å²) in [4.78, 5) is 0. The van der Waals surface area contributed by atoms with Crippen molar-refractivity contribution >= 4 is 76.2 Å². The molecule has 0 fully saturated rings. The fourth-order valence-electron chi connectivity index (χ4n) is 8.14. The smallest absolute Gasteiger partial charge is 0.178 e. The van der Waals surface area contributed by atoms with Crippen molar-refractivity contribution in [3.8, 4) is 33.4 Å². The Morgan fingerprint density at radius 2 is 0.780 bits per heavy atom. The van der Waals surface area contributed by atoms with E-state index in [9.17, 15) is 0 Å². The third-order valence-electron chi connectivity index (χ3n) is 10.4. The molecule has 0 spiro atoms. The van der Waals surface area contributed by atoms with E-state index in [1.54, 1.807) is 0 Å². The molecule has 11 aromatic rings. The molecule has 0 saturated heterocycles. The molecule has 0 aliphatic heterocycles. The predicted octanol–water partition coefficient (Wildman–Crippen LogP) is 14.4. The van der Waals surface area contributed by atoms with Crippen molar-refractivity contribution in [2.75, 3.05) is 0 Å². The summed E-state index contributed by atoms with van der Waals surface area (Å²) in [7, 11) is 0. The highest BCUT2D eigenvalue weighted by atomic mass is 16.4. The largest absolute Gasteiger partial charge is 0.452 e. The third-order valence-corrected chi connectivity index (χ3v) is 10.4. The number of rotatable bonds is 3. The van der Waals surface area contributed by atoms with Crippen LogP contribution in [0.3, 0.4) is 0 Å². The fraction of sp³-hybridized carbons (Fsp3) is 0. The summed E-state index contributed by atoms with van der Waals surface area (Å²) in [6.45, 7) is 0. The molecule has 2 aromatic heterocycles. The molecular formula is C48H32O2. The van der Waals surface area contributed by atoms with Crippen molar-refractivity contribution in [2.45, 2.75) is 0 Å². The van der Waals surface area contributed by atoms with Gasteiger partial charge in [0.25, 0.3) is 0 Å². The molecule has 0 aliphatic rings. The van der Waals surface area contributed by atoms with Crippen molar-refractivity contribution in [1.29, 1.82) is 0 Å². The molecule has 0 unspecified atom stereocenters. The van der Waals surface area contributed by atoms with Crippen LogP contribution < -0.4 is 0 Å². The lowest BCUT2D eigenvalue weighted by Gasteiger charge is -2.18. The van der Waals surface area contributed by atoms with Crippen LogP contribution in [0.4, 0.5) is 0 Å². The summed E-state index contributed by atoms with van der Waals surface area (Å²) in [5.41, 5.74) is 10.6. The molecule has 2 heteroatoms. The first-order valence-electron chi connectivity index (χ1n) is 17.1. The molecule has 11 rings (SSSR count). The third kappa shape index (κ3) is 3.96. The second kappa shape index (κ2) is 10.4. The zero-order valence-electron chi connectivity index (χ0n) is 27.0. The molecule has 0 N–H and O–H groups in total. The lowest BCUT2D eigenvalue weighted by atomic mass is 9.85. The molecule has 0 bridgehead atoms. The van der Waals surface area contributed by atoms with Crippen LogP contribution in [0.1, 0.15) is 2.85 Å². The number of benzene rings is 9. The second-order valence-corrected chi connectivity index (χ2v) is 13.2. The summed E-state index contributed by atoms with van der Waals surface area (Å²) in [5, 5.41) is 11.7. The minimum absolute atomic E-state index is 0. The summed E-state index contributed by atoms with van der Waals surface area (Å²) < 4.78 is 13.0. The van der Waals surface area contributed by atoms with E-state index in [1.807, 2.05) is 0 Å². The van der Waals surface area contributed by atoms with Crippen LogP contribution in [0.5, 0.6) is 0 Å². The molecule has 9 aromatic carbocycles. The van der Waals surface area contributed by atoms with Gasteiger partial charge in [0.2, 0.25) is 0 Å². The van der Waals surface area contributed by atoms with Gasteiger partial charge >= 0.3 is 0 Å². The van der Waals surface area contributed by atoms with Crippen LogP contribution >= 0.6 is 0 Å². The first-order valence-corrected chi connectivity index (χ1v) is 17.1. The maximum absolute atomic E-state index is 6.53. The van der Waals surface area contributed by atoms with E-state index < -0.39 is 0 Å². The van der Waals surface area contributed by atoms with Crippen LogP contribution in [0.2, 0.25) is 0 Å². The van der Waals surface area contributed by atoms with Gasteiger partial charge < -0.3 is 8.83 Å². The highest BCUT2D eigenvalue weighted by molar-refractivity contribution is 6.22. The van der Waals surface area contributed by atoms with Crippen LogP contribution in [0.25, 0.3) is 110 Å². The average molecular weight is 641 g/mol. The van der Waals surface area contributed by atoms with Gasteiger partial charge in [-0.3, -0.25) is 0 Å². The zero-order valence-corrected chi connectivity index (χ0v) is 27.0. The quantitative estimate of drug-likeness (QED) is 0.180. The predicted molar refractivity (Wildman–Crippen MR) is 214 cm³/mol. The Hall–Kier alpha value is -6.64. The summed E-state index contributed by atoms with van der Waals surface area (Å²) >= 11 is 0. The van der Waals surface area contributed by atoms with E-state index in [2.05, 4.69) is 170 Å². The monoisotopic (exact) mass is 640 g/mol. The molecule has 2 nitrogen and oxygen atoms in total. The normalized spacial score (nSPS) is 12.0. The Morgan fingerprint density at radius 1 is 0.280 bits per heavy atom. The van der Waals surface area contributed by atoms with Crippen LogP contribution in [-0.4, -0.2) is 0 Å². The topological polar surface area (TPSA) is 26.3 Å². The standard InChI is InChI=1S/C48H28O2.2H2/c1-2-11-29(12-3-1)45-35-17-6-8-19-37(35)46(38-20-9-7-18-36(38)45)34-16-10-15-30(25-34)33-21-24-43-41(27-33)39-22-23-40-42-26-31-13-4-5-14-32(31)28-44(42)50-48(40)47(39)49-43;;/h1-28H;2*1H. The van der Waals surface area contributed by atoms with Gasteiger partial charge in [-0.1, -0.05) is 127 Å². The lowest BCUT2D eigenvalue weighted by Crippen LogP contribution is -1.91. The average Bonchev–Trinajstić information content (AvgIpc) is 3.74. The van der Waals surface area contributed by atoms with Crippen LogP contribution in [0, 0.1) is 0 Å². The SMILES string of the molecule is [HH].[HH].c1ccc(-c2c3ccccc3c(-c3cccc(-c4ccc5oc6c(ccc7c8cc9ccccc9cc8oc76)c5c4)c3)c3ccccc23)cc1.